The van der Waals surface area contributed by atoms with Gasteiger partial charge in [0.1, 0.15) is 0 Å². The van der Waals surface area contributed by atoms with Crippen LogP contribution in [-0.4, -0.2) is 68.8 Å². The average molecular weight is 306 g/mol. The average Bonchev–Trinajstić information content (AvgIpc) is 2.54. The highest BCUT2D eigenvalue weighted by atomic mass is 16.5. The molecule has 1 aliphatic rings. The zero-order chi connectivity index (χ0) is 15.8. The van der Waals surface area contributed by atoms with Crippen molar-refractivity contribution in [3.8, 4) is 0 Å². The Morgan fingerprint density at radius 1 is 1.41 bits per heavy atom. The van der Waals surface area contributed by atoms with Gasteiger partial charge in [-0.25, -0.2) is 0 Å². The van der Waals surface area contributed by atoms with Crippen LogP contribution < -0.4 is 0 Å². The molecule has 0 aliphatic carbocycles. The minimum absolute atomic E-state index is 0.0411. The molecule has 1 fully saturated rings. The molecule has 1 aromatic carbocycles. The molecule has 0 amide bonds. The topological polar surface area (TPSA) is 42.0 Å². The number of benzene rings is 1. The highest BCUT2D eigenvalue weighted by molar-refractivity contribution is 5.69. The molecule has 2 rings (SSSR count). The minimum Gasteiger partial charge on any atom is -0.469 e. The van der Waals surface area contributed by atoms with Gasteiger partial charge in [0.05, 0.1) is 26.2 Å². The fourth-order valence-corrected chi connectivity index (χ4v) is 2.66. The summed E-state index contributed by atoms with van der Waals surface area (Å²) in [7, 11) is 3.56. The van der Waals surface area contributed by atoms with Gasteiger partial charge in [-0.3, -0.25) is 9.69 Å². The third-order valence-electron chi connectivity index (χ3n) is 3.94. The zero-order valence-electron chi connectivity index (χ0n) is 13.5. The molecule has 1 saturated heterocycles. The molecule has 1 atom stereocenters. The van der Waals surface area contributed by atoms with Crippen molar-refractivity contribution >= 4 is 5.97 Å². The molecule has 0 spiro atoms. The van der Waals surface area contributed by atoms with Crippen LogP contribution in [0.4, 0.5) is 0 Å². The first kappa shape index (κ1) is 16.9. The molecular weight excluding hydrogens is 280 g/mol. The van der Waals surface area contributed by atoms with Gasteiger partial charge >= 0.3 is 5.97 Å². The van der Waals surface area contributed by atoms with E-state index in [-0.39, 0.29) is 12.1 Å². The second-order valence-electron chi connectivity index (χ2n) is 5.80. The molecule has 1 aromatic rings. The smallest absolute Gasteiger partial charge is 0.308 e. The van der Waals surface area contributed by atoms with Crippen LogP contribution in [0.5, 0.6) is 0 Å². The van der Waals surface area contributed by atoms with Gasteiger partial charge in [0.15, 0.2) is 0 Å². The largest absolute Gasteiger partial charge is 0.469 e. The molecule has 5 heteroatoms. The van der Waals surface area contributed by atoms with Gasteiger partial charge in [0.2, 0.25) is 0 Å². The summed E-state index contributed by atoms with van der Waals surface area (Å²) < 4.78 is 10.3. The van der Waals surface area contributed by atoms with Crippen LogP contribution in [-0.2, 0) is 20.8 Å². The third-order valence-corrected chi connectivity index (χ3v) is 3.94. The van der Waals surface area contributed by atoms with Gasteiger partial charge in [-0.1, -0.05) is 30.3 Å². The maximum atomic E-state index is 11.3. The highest BCUT2D eigenvalue weighted by Crippen LogP contribution is 2.10. The van der Waals surface area contributed by atoms with Crippen LogP contribution in [0.25, 0.3) is 0 Å². The van der Waals surface area contributed by atoms with Crippen LogP contribution >= 0.6 is 0 Å². The Balaban J connectivity index is 1.70. The summed E-state index contributed by atoms with van der Waals surface area (Å²) in [4.78, 5) is 16.0. The molecule has 0 bridgehead atoms. The number of ether oxygens (including phenoxy) is 2. The molecule has 5 nitrogen and oxygen atoms in total. The molecule has 1 aliphatic heterocycles. The predicted molar refractivity (Wildman–Crippen MR) is 85.6 cm³/mol. The molecule has 0 saturated carbocycles. The number of carbonyl (C=O) groups is 1. The van der Waals surface area contributed by atoms with Crippen LogP contribution in [0.3, 0.4) is 0 Å². The molecule has 1 heterocycles. The number of hydrogen-bond donors (Lipinski definition) is 0. The molecule has 0 radical (unpaired) electrons. The van der Waals surface area contributed by atoms with E-state index in [2.05, 4.69) is 41.1 Å². The molecule has 22 heavy (non-hydrogen) atoms. The summed E-state index contributed by atoms with van der Waals surface area (Å²) in [5.41, 5.74) is 1.33. The quantitative estimate of drug-likeness (QED) is 0.712. The van der Waals surface area contributed by atoms with Crippen molar-refractivity contribution in [1.29, 1.82) is 0 Å². The van der Waals surface area contributed by atoms with E-state index >= 15 is 0 Å². The lowest BCUT2D eigenvalue weighted by Gasteiger charge is -2.33. The van der Waals surface area contributed by atoms with Gasteiger partial charge in [0, 0.05) is 32.7 Å². The summed E-state index contributed by atoms with van der Waals surface area (Å²) in [5.74, 6) is -0.201. The fraction of sp³-hybridized carbons (Fsp3) is 0.588. The first-order chi connectivity index (χ1) is 10.7. The van der Waals surface area contributed by atoms with E-state index in [0.717, 1.165) is 32.7 Å². The van der Waals surface area contributed by atoms with Crippen molar-refractivity contribution < 1.29 is 14.3 Å². The van der Waals surface area contributed by atoms with Crippen LogP contribution in [0.2, 0.25) is 0 Å². The minimum atomic E-state index is -0.201. The number of likely N-dealkylation sites (N-methyl/N-ethyl adjacent to an activating group) is 1. The van der Waals surface area contributed by atoms with Gasteiger partial charge in [-0.2, -0.15) is 0 Å². The maximum Gasteiger partial charge on any atom is 0.308 e. The Labute approximate surface area is 132 Å². The SMILES string of the molecule is COC(=O)C[C@@H]1CN(CCN(C)Cc2ccccc2)CCO1. The number of methoxy groups -OCH3 is 1. The van der Waals surface area contributed by atoms with Crippen LogP contribution in [0, 0.1) is 0 Å². The molecule has 0 N–H and O–H groups in total. The van der Waals surface area contributed by atoms with E-state index in [9.17, 15) is 4.79 Å². The van der Waals surface area contributed by atoms with Crippen LogP contribution in [0.1, 0.15) is 12.0 Å². The fourth-order valence-electron chi connectivity index (χ4n) is 2.66. The van der Waals surface area contributed by atoms with Crippen molar-refractivity contribution in [3.63, 3.8) is 0 Å². The van der Waals surface area contributed by atoms with Crippen molar-refractivity contribution in [2.24, 2.45) is 0 Å². The lowest BCUT2D eigenvalue weighted by molar-refractivity contribution is -0.145. The summed E-state index contributed by atoms with van der Waals surface area (Å²) >= 11 is 0. The van der Waals surface area contributed by atoms with E-state index in [0.29, 0.717) is 13.0 Å². The lowest BCUT2D eigenvalue weighted by atomic mass is 10.2. The lowest BCUT2D eigenvalue weighted by Crippen LogP contribution is -2.45. The summed E-state index contributed by atoms with van der Waals surface area (Å²) in [6.07, 6.45) is 0.299. The number of esters is 1. The molecular formula is C17H26N2O3. The first-order valence-corrected chi connectivity index (χ1v) is 7.80. The molecule has 122 valence electrons. The van der Waals surface area contributed by atoms with E-state index in [1.165, 1.54) is 12.7 Å². The second-order valence-corrected chi connectivity index (χ2v) is 5.80. The molecule has 0 aromatic heterocycles. The van der Waals surface area contributed by atoms with E-state index in [1.54, 1.807) is 0 Å². The zero-order valence-corrected chi connectivity index (χ0v) is 13.5. The van der Waals surface area contributed by atoms with Crippen molar-refractivity contribution in [1.82, 2.24) is 9.80 Å². The van der Waals surface area contributed by atoms with Gasteiger partial charge < -0.3 is 14.4 Å². The van der Waals surface area contributed by atoms with E-state index in [4.69, 9.17) is 9.47 Å². The second kappa shape index (κ2) is 8.88. The Hall–Kier alpha value is -1.43. The van der Waals surface area contributed by atoms with Crippen molar-refractivity contribution in [2.75, 3.05) is 46.9 Å². The van der Waals surface area contributed by atoms with Gasteiger partial charge in [0.25, 0.3) is 0 Å². The Morgan fingerprint density at radius 3 is 2.91 bits per heavy atom. The number of morpholine rings is 1. The van der Waals surface area contributed by atoms with Crippen LogP contribution in [0.15, 0.2) is 30.3 Å². The molecule has 0 unspecified atom stereocenters. The van der Waals surface area contributed by atoms with E-state index < -0.39 is 0 Å². The normalized spacial score (nSPS) is 19.3. The van der Waals surface area contributed by atoms with Gasteiger partial charge in [-0.15, -0.1) is 0 Å². The number of carbonyl (C=O) groups excluding carboxylic acids is 1. The Bertz CT molecular complexity index is 452. The first-order valence-electron chi connectivity index (χ1n) is 7.80. The predicted octanol–water partition coefficient (Wildman–Crippen LogP) is 1.38. The number of rotatable bonds is 7. The summed E-state index contributed by atoms with van der Waals surface area (Å²) in [5, 5.41) is 0. The Kier molecular flexibility index (Phi) is 6.83. The highest BCUT2D eigenvalue weighted by Gasteiger charge is 2.23. The van der Waals surface area contributed by atoms with E-state index in [1.807, 2.05) is 6.07 Å². The standard InChI is InChI=1S/C17H26N2O3/c1-18(13-15-6-4-3-5-7-15)8-9-19-10-11-22-16(14-19)12-17(20)21-2/h3-7,16H,8-14H2,1-2H3/t16-/m1/s1. The van der Waals surface area contributed by atoms with Crippen molar-refractivity contribution in [3.05, 3.63) is 35.9 Å². The number of nitrogens with zero attached hydrogens (tertiary/aromatic N) is 2. The Morgan fingerprint density at radius 2 is 2.18 bits per heavy atom. The summed E-state index contributed by atoms with van der Waals surface area (Å²) in [6, 6.07) is 10.5. The monoisotopic (exact) mass is 306 g/mol. The maximum absolute atomic E-state index is 11.3. The van der Waals surface area contributed by atoms with Crippen molar-refractivity contribution in [2.45, 2.75) is 19.1 Å². The summed E-state index contributed by atoms with van der Waals surface area (Å²) in [6.45, 7) is 5.36. The third kappa shape index (κ3) is 5.75. The van der Waals surface area contributed by atoms with Gasteiger partial charge in [-0.05, 0) is 12.6 Å². The number of hydrogen-bond acceptors (Lipinski definition) is 5.